The Hall–Kier alpha value is -1.06. The molecule has 0 aliphatic heterocycles. The fraction of sp³-hybridized carbons (Fsp3) is 0.400. The highest BCUT2D eigenvalue weighted by molar-refractivity contribution is 5.36. The molecule has 3 N–H and O–H groups in total. The number of aliphatic hydroxyl groups is 1. The zero-order valence-electron chi connectivity index (χ0n) is 7.79. The number of rotatable bonds is 4. The van der Waals surface area contributed by atoms with Crippen LogP contribution in [0.25, 0.3) is 0 Å². The van der Waals surface area contributed by atoms with Crippen LogP contribution in [0.15, 0.2) is 18.2 Å². The Bertz CT molecular complexity index is 274. The van der Waals surface area contributed by atoms with Crippen LogP contribution in [0.1, 0.15) is 11.1 Å². The lowest BCUT2D eigenvalue weighted by molar-refractivity contribution is 0.200. The minimum absolute atomic E-state index is 0.0257. The van der Waals surface area contributed by atoms with E-state index < -0.39 is 0 Å². The maximum Gasteiger partial charge on any atom is 0.124 e. The second kappa shape index (κ2) is 4.84. The number of benzene rings is 1. The van der Waals surface area contributed by atoms with Gasteiger partial charge >= 0.3 is 0 Å². The van der Waals surface area contributed by atoms with E-state index in [4.69, 9.17) is 15.6 Å². The van der Waals surface area contributed by atoms with E-state index >= 15 is 0 Å². The molecule has 0 amide bonds. The summed E-state index contributed by atoms with van der Waals surface area (Å²) in [5.74, 6) is 0.775. The van der Waals surface area contributed by atoms with E-state index in [-0.39, 0.29) is 6.61 Å². The fourth-order valence-corrected chi connectivity index (χ4v) is 1.12. The van der Waals surface area contributed by atoms with Crippen molar-refractivity contribution in [2.75, 3.05) is 13.2 Å². The average Bonchev–Trinajstić information content (AvgIpc) is 2.15. The summed E-state index contributed by atoms with van der Waals surface area (Å²) in [5.41, 5.74) is 7.63. The van der Waals surface area contributed by atoms with Crippen molar-refractivity contribution < 1.29 is 9.84 Å². The minimum atomic E-state index is 0.0257. The summed E-state index contributed by atoms with van der Waals surface area (Å²) < 4.78 is 5.33. The highest BCUT2D eigenvalue weighted by Crippen LogP contribution is 2.19. The van der Waals surface area contributed by atoms with Gasteiger partial charge in [0.2, 0.25) is 0 Å². The van der Waals surface area contributed by atoms with E-state index in [0.29, 0.717) is 13.2 Å². The summed E-state index contributed by atoms with van der Waals surface area (Å²) in [6.45, 7) is 2.79. The van der Waals surface area contributed by atoms with Crippen molar-refractivity contribution >= 4 is 0 Å². The van der Waals surface area contributed by atoms with Gasteiger partial charge in [-0.25, -0.2) is 0 Å². The molecule has 3 nitrogen and oxygen atoms in total. The molecule has 0 unspecified atom stereocenters. The summed E-state index contributed by atoms with van der Waals surface area (Å²) in [4.78, 5) is 0. The van der Waals surface area contributed by atoms with Crippen LogP contribution in [0.3, 0.4) is 0 Å². The monoisotopic (exact) mass is 181 g/mol. The Kier molecular flexibility index (Phi) is 3.73. The van der Waals surface area contributed by atoms with Crippen molar-refractivity contribution in [1.29, 1.82) is 0 Å². The molecule has 0 fully saturated rings. The Morgan fingerprint density at radius 3 is 2.85 bits per heavy atom. The molecule has 0 aliphatic carbocycles. The molecule has 3 heteroatoms. The van der Waals surface area contributed by atoms with Crippen molar-refractivity contribution in [3.05, 3.63) is 29.3 Å². The first-order valence-electron chi connectivity index (χ1n) is 4.31. The van der Waals surface area contributed by atoms with Gasteiger partial charge in [0.1, 0.15) is 12.4 Å². The van der Waals surface area contributed by atoms with Crippen molar-refractivity contribution in [1.82, 2.24) is 0 Å². The van der Waals surface area contributed by atoms with Crippen LogP contribution in [-0.4, -0.2) is 18.3 Å². The third-order valence-corrected chi connectivity index (χ3v) is 1.79. The smallest absolute Gasteiger partial charge is 0.124 e. The zero-order valence-corrected chi connectivity index (χ0v) is 7.79. The van der Waals surface area contributed by atoms with E-state index in [2.05, 4.69) is 0 Å². The molecule has 0 atom stereocenters. The topological polar surface area (TPSA) is 55.5 Å². The Labute approximate surface area is 78.1 Å². The number of ether oxygens (including phenoxy) is 1. The summed E-state index contributed by atoms with van der Waals surface area (Å²) in [5, 5.41) is 8.60. The molecule has 72 valence electrons. The first-order chi connectivity index (χ1) is 6.27. The summed E-state index contributed by atoms with van der Waals surface area (Å²) in [7, 11) is 0. The van der Waals surface area contributed by atoms with Crippen LogP contribution in [0.5, 0.6) is 5.75 Å². The van der Waals surface area contributed by atoms with Crippen LogP contribution in [0.4, 0.5) is 0 Å². The highest BCUT2D eigenvalue weighted by Gasteiger charge is 2.01. The average molecular weight is 181 g/mol. The third-order valence-electron chi connectivity index (χ3n) is 1.79. The molecule has 0 heterocycles. The summed E-state index contributed by atoms with van der Waals surface area (Å²) in [6.07, 6.45) is 0. The number of aryl methyl sites for hydroxylation is 1. The van der Waals surface area contributed by atoms with Crippen LogP contribution in [-0.2, 0) is 6.54 Å². The zero-order chi connectivity index (χ0) is 9.68. The molecular formula is C10H15NO2. The van der Waals surface area contributed by atoms with Gasteiger partial charge in [-0.1, -0.05) is 12.1 Å². The molecule has 0 aromatic heterocycles. The molecule has 1 rings (SSSR count). The van der Waals surface area contributed by atoms with E-state index in [1.807, 2.05) is 25.1 Å². The van der Waals surface area contributed by atoms with Gasteiger partial charge in [0.05, 0.1) is 6.61 Å². The Morgan fingerprint density at radius 2 is 2.23 bits per heavy atom. The van der Waals surface area contributed by atoms with Gasteiger partial charge in [0.25, 0.3) is 0 Å². The molecule has 1 aromatic rings. The highest BCUT2D eigenvalue weighted by atomic mass is 16.5. The van der Waals surface area contributed by atoms with Crippen LogP contribution >= 0.6 is 0 Å². The first-order valence-corrected chi connectivity index (χ1v) is 4.31. The number of aliphatic hydroxyl groups excluding tert-OH is 1. The van der Waals surface area contributed by atoms with Gasteiger partial charge in [0, 0.05) is 12.1 Å². The molecule has 0 bridgehead atoms. The Balaban J connectivity index is 2.81. The normalized spacial score (nSPS) is 10.1. The third kappa shape index (κ3) is 2.72. The van der Waals surface area contributed by atoms with Gasteiger partial charge in [0.15, 0.2) is 0 Å². The van der Waals surface area contributed by atoms with Gasteiger partial charge in [-0.2, -0.15) is 0 Å². The van der Waals surface area contributed by atoms with Crippen molar-refractivity contribution in [2.24, 2.45) is 5.73 Å². The fourth-order valence-electron chi connectivity index (χ4n) is 1.12. The molecule has 0 radical (unpaired) electrons. The first kappa shape index (κ1) is 10.0. The molecule has 0 spiro atoms. The van der Waals surface area contributed by atoms with Crippen LogP contribution < -0.4 is 10.5 Å². The molecule has 0 aliphatic rings. The molecular weight excluding hydrogens is 166 g/mol. The maximum atomic E-state index is 8.60. The van der Waals surface area contributed by atoms with Gasteiger partial charge in [-0.05, 0) is 18.6 Å². The number of nitrogens with two attached hydrogens (primary N) is 1. The van der Waals surface area contributed by atoms with E-state index in [1.165, 1.54) is 0 Å². The minimum Gasteiger partial charge on any atom is -0.491 e. The maximum absolute atomic E-state index is 8.60. The number of hydrogen-bond acceptors (Lipinski definition) is 3. The predicted molar refractivity (Wildman–Crippen MR) is 51.7 cm³/mol. The molecule has 1 aromatic carbocycles. The van der Waals surface area contributed by atoms with Crippen molar-refractivity contribution in [3.8, 4) is 5.75 Å². The quantitative estimate of drug-likeness (QED) is 0.723. The lowest BCUT2D eigenvalue weighted by Crippen LogP contribution is -2.06. The van der Waals surface area contributed by atoms with Crippen molar-refractivity contribution in [3.63, 3.8) is 0 Å². The largest absolute Gasteiger partial charge is 0.491 e. The second-order valence-electron chi connectivity index (χ2n) is 2.89. The SMILES string of the molecule is Cc1ccc(CN)c(OCCO)c1. The van der Waals surface area contributed by atoms with E-state index in [1.54, 1.807) is 0 Å². The van der Waals surface area contributed by atoms with Gasteiger partial charge < -0.3 is 15.6 Å². The van der Waals surface area contributed by atoms with Gasteiger partial charge in [-0.3, -0.25) is 0 Å². The lowest BCUT2D eigenvalue weighted by Gasteiger charge is -2.09. The lowest BCUT2D eigenvalue weighted by atomic mass is 10.1. The summed E-state index contributed by atoms with van der Waals surface area (Å²) >= 11 is 0. The van der Waals surface area contributed by atoms with Gasteiger partial charge in [-0.15, -0.1) is 0 Å². The van der Waals surface area contributed by atoms with Crippen LogP contribution in [0, 0.1) is 6.92 Å². The number of hydrogen-bond donors (Lipinski definition) is 2. The van der Waals surface area contributed by atoms with E-state index in [0.717, 1.165) is 16.9 Å². The van der Waals surface area contributed by atoms with Crippen molar-refractivity contribution in [2.45, 2.75) is 13.5 Å². The Morgan fingerprint density at radius 1 is 1.46 bits per heavy atom. The van der Waals surface area contributed by atoms with Crippen LogP contribution in [0.2, 0.25) is 0 Å². The standard InChI is InChI=1S/C10H15NO2/c1-8-2-3-9(7-11)10(6-8)13-5-4-12/h2-3,6,12H,4-5,7,11H2,1H3. The predicted octanol–water partition coefficient (Wildman–Crippen LogP) is 0.825. The molecule has 0 saturated heterocycles. The molecule has 0 saturated carbocycles. The summed E-state index contributed by atoms with van der Waals surface area (Å²) in [6, 6.07) is 5.87. The second-order valence-corrected chi connectivity index (χ2v) is 2.89. The molecule has 13 heavy (non-hydrogen) atoms. The van der Waals surface area contributed by atoms with E-state index in [9.17, 15) is 0 Å².